The highest BCUT2D eigenvalue weighted by Gasteiger charge is 2.25. The Balaban J connectivity index is 1.90. The zero-order chi connectivity index (χ0) is 15.4. The summed E-state index contributed by atoms with van der Waals surface area (Å²) in [6.45, 7) is 5.33. The second-order valence-electron chi connectivity index (χ2n) is 5.89. The number of aromatic nitrogens is 2. The van der Waals surface area contributed by atoms with Crippen LogP contribution in [0.3, 0.4) is 0 Å². The smallest absolute Gasteiger partial charge is 0.322 e. The fourth-order valence-corrected chi connectivity index (χ4v) is 2.80. The van der Waals surface area contributed by atoms with Crippen molar-refractivity contribution in [2.45, 2.75) is 45.6 Å². The Morgan fingerprint density at radius 2 is 2.19 bits per heavy atom. The molecular formula is C15H26N4O2. The van der Waals surface area contributed by atoms with Crippen molar-refractivity contribution in [2.75, 3.05) is 18.4 Å². The van der Waals surface area contributed by atoms with Crippen LogP contribution in [0.1, 0.15) is 38.8 Å². The zero-order valence-corrected chi connectivity index (χ0v) is 13.2. The third-order valence-electron chi connectivity index (χ3n) is 4.18. The van der Waals surface area contributed by atoms with Gasteiger partial charge in [0.2, 0.25) is 0 Å². The fraction of sp³-hybridized carbons (Fsp3) is 0.733. The van der Waals surface area contributed by atoms with Crippen molar-refractivity contribution >= 4 is 11.8 Å². The van der Waals surface area contributed by atoms with Crippen LogP contribution in [0.4, 0.5) is 10.6 Å². The summed E-state index contributed by atoms with van der Waals surface area (Å²) in [6.07, 6.45) is 3.39. The van der Waals surface area contributed by atoms with Crippen LogP contribution in [0, 0.1) is 5.92 Å². The molecule has 0 radical (unpaired) electrons. The van der Waals surface area contributed by atoms with Gasteiger partial charge in [0.15, 0.2) is 0 Å². The largest absolute Gasteiger partial charge is 0.393 e. The molecule has 0 saturated carbocycles. The van der Waals surface area contributed by atoms with E-state index in [4.69, 9.17) is 0 Å². The van der Waals surface area contributed by atoms with E-state index in [1.54, 1.807) is 4.68 Å². The topological polar surface area (TPSA) is 70.4 Å². The Labute approximate surface area is 126 Å². The van der Waals surface area contributed by atoms with E-state index in [1.807, 2.05) is 24.9 Å². The van der Waals surface area contributed by atoms with Crippen LogP contribution < -0.4 is 5.32 Å². The van der Waals surface area contributed by atoms with Gasteiger partial charge in [-0.3, -0.25) is 10.00 Å². The first-order valence-corrected chi connectivity index (χ1v) is 7.78. The molecule has 118 valence electrons. The number of rotatable bonds is 4. The van der Waals surface area contributed by atoms with Gasteiger partial charge >= 0.3 is 6.03 Å². The number of nitrogens with one attached hydrogen (secondary N) is 1. The third kappa shape index (κ3) is 3.97. The molecule has 21 heavy (non-hydrogen) atoms. The number of nitrogens with zero attached hydrogens (tertiary/aromatic N) is 3. The number of amides is 2. The Bertz CT molecular complexity index is 476. The summed E-state index contributed by atoms with van der Waals surface area (Å²) in [4.78, 5) is 14.1. The number of carbonyl (C=O) groups excluding carboxylic acids is 1. The number of piperidine rings is 1. The van der Waals surface area contributed by atoms with E-state index >= 15 is 0 Å². The van der Waals surface area contributed by atoms with Crippen molar-refractivity contribution in [3.8, 4) is 0 Å². The molecule has 1 saturated heterocycles. The molecule has 2 N–H and O–H groups in total. The lowest BCUT2D eigenvalue weighted by Crippen LogP contribution is -2.43. The van der Waals surface area contributed by atoms with Gasteiger partial charge in [0.05, 0.1) is 11.8 Å². The minimum Gasteiger partial charge on any atom is -0.393 e. The van der Waals surface area contributed by atoms with Crippen molar-refractivity contribution in [3.05, 3.63) is 11.8 Å². The number of aliphatic hydroxyl groups excluding tert-OH is 1. The van der Waals surface area contributed by atoms with Crippen LogP contribution >= 0.6 is 0 Å². The Morgan fingerprint density at radius 3 is 2.76 bits per heavy atom. The second kappa shape index (κ2) is 6.93. The number of hydrogen-bond donors (Lipinski definition) is 2. The molecule has 1 unspecified atom stereocenters. The molecule has 0 aromatic carbocycles. The van der Waals surface area contributed by atoms with Gasteiger partial charge in [-0.15, -0.1) is 0 Å². The first kappa shape index (κ1) is 15.8. The van der Waals surface area contributed by atoms with Gasteiger partial charge < -0.3 is 10.0 Å². The van der Waals surface area contributed by atoms with E-state index in [-0.39, 0.29) is 12.1 Å². The van der Waals surface area contributed by atoms with Crippen LogP contribution in [0.2, 0.25) is 0 Å². The van der Waals surface area contributed by atoms with Crippen molar-refractivity contribution < 1.29 is 9.90 Å². The monoisotopic (exact) mass is 294 g/mol. The molecule has 6 heteroatoms. The summed E-state index contributed by atoms with van der Waals surface area (Å²) in [5.74, 6) is 1.04. The van der Waals surface area contributed by atoms with Crippen LogP contribution in [-0.4, -0.2) is 45.0 Å². The molecule has 0 bridgehead atoms. The summed E-state index contributed by atoms with van der Waals surface area (Å²) in [6, 6.07) is 1.86. The Hall–Kier alpha value is -1.56. The molecule has 1 fully saturated rings. The molecule has 0 spiro atoms. The van der Waals surface area contributed by atoms with E-state index in [2.05, 4.69) is 17.3 Å². The predicted octanol–water partition coefficient (Wildman–Crippen LogP) is 2.00. The lowest BCUT2D eigenvalue weighted by Gasteiger charge is -2.33. The van der Waals surface area contributed by atoms with E-state index in [0.29, 0.717) is 19.0 Å². The molecule has 1 atom stereocenters. The predicted molar refractivity (Wildman–Crippen MR) is 82.2 cm³/mol. The van der Waals surface area contributed by atoms with Gasteiger partial charge in [-0.05, 0) is 32.1 Å². The van der Waals surface area contributed by atoms with E-state index < -0.39 is 0 Å². The molecule has 2 rings (SSSR count). The highest BCUT2D eigenvalue weighted by atomic mass is 16.3. The standard InChI is InChI=1S/C15H26N4O2/c1-4-5-13-10-14(18(3)17-13)16-15(21)19-8-6-12(7-9-19)11(2)20/h10-12,20H,4-9H2,1-3H3,(H,16,21). The molecule has 0 aliphatic carbocycles. The average Bonchev–Trinajstić information content (AvgIpc) is 2.79. The van der Waals surface area contributed by atoms with E-state index in [0.717, 1.165) is 37.2 Å². The maximum absolute atomic E-state index is 12.3. The number of hydrogen-bond acceptors (Lipinski definition) is 3. The van der Waals surface area contributed by atoms with Crippen molar-refractivity contribution in [1.29, 1.82) is 0 Å². The molecule has 1 aromatic heterocycles. The van der Waals surface area contributed by atoms with Gasteiger partial charge in [0, 0.05) is 26.2 Å². The average molecular weight is 294 g/mol. The van der Waals surface area contributed by atoms with Crippen molar-refractivity contribution in [3.63, 3.8) is 0 Å². The van der Waals surface area contributed by atoms with Gasteiger partial charge in [0.25, 0.3) is 0 Å². The Morgan fingerprint density at radius 1 is 1.52 bits per heavy atom. The summed E-state index contributed by atoms with van der Waals surface area (Å²) < 4.78 is 1.71. The number of urea groups is 1. The van der Waals surface area contributed by atoms with Crippen LogP contribution in [0.15, 0.2) is 6.07 Å². The summed E-state index contributed by atoms with van der Waals surface area (Å²) in [5, 5.41) is 16.9. The van der Waals surface area contributed by atoms with Crippen molar-refractivity contribution in [1.82, 2.24) is 14.7 Å². The lowest BCUT2D eigenvalue weighted by molar-refractivity contribution is 0.0820. The molecule has 2 heterocycles. The quantitative estimate of drug-likeness (QED) is 0.892. The number of aliphatic hydroxyl groups is 1. The summed E-state index contributed by atoms with van der Waals surface area (Å²) in [5.41, 5.74) is 1.00. The molecule has 1 aliphatic heterocycles. The molecule has 2 amide bonds. The SMILES string of the molecule is CCCc1cc(NC(=O)N2CCC(C(C)O)CC2)n(C)n1. The first-order chi connectivity index (χ1) is 10.0. The fourth-order valence-electron chi connectivity index (χ4n) is 2.80. The maximum Gasteiger partial charge on any atom is 0.322 e. The van der Waals surface area contributed by atoms with Gasteiger partial charge in [-0.25, -0.2) is 4.79 Å². The highest BCUT2D eigenvalue weighted by molar-refractivity contribution is 5.88. The minimum atomic E-state index is -0.288. The van der Waals surface area contributed by atoms with Gasteiger partial charge in [-0.2, -0.15) is 5.10 Å². The lowest BCUT2D eigenvalue weighted by atomic mass is 9.92. The maximum atomic E-state index is 12.3. The normalized spacial score (nSPS) is 17.8. The van der Waals surface area contributed by atoms with Crippen LogP contribution in [0.25, 0.3) is 0 Å². The van der Waals surface area contributed by atoms with E-state index in [1.165, 1.54) is 0 Å². The van der Waals surface area contributed by atoms with Gasteiger partial charge in [0.1, 0.15) is 5.82 Å². The number of anilines is 1. The van der Waals surface area contributed by atoms with Crippen molar-refractivity contribution in [2.24, 2.45) is 13.0 Å². The summed E-state index contributed by atoms with van der Waals surface area (Å²) >= 11 is 0. The molecule has 6 nitrogen and oxygen atoms in total. The minimum absolute atomic E-state index is 0.0786. The number of aryl methyl sites for hydroxylation is 2. The molecule has 1 aromatic rings. The third-order valence-corrected chi connectivity index (χ3v) is 4.18. The van der Waals surface area contributed by atoms with Crippen LogP contribution in [0.5, 0.6) is 0 Å². The zero-order valence-electron chi connectivity index (χ0n) is 13.2. The van der Waals surface area contributed by atoms with Gasteiger partial charge in [-0.1, -0.05) is 13.3 Å². The highest BCUT2D eigenvalue weighted by Crippen LogP contribution is 2.21. The summed E-state index contributed by atoms with van der Waals surface area (Å²) in [7, 11) is 1.84. The second-order valence-corrected chi connectivity index (χ2v) is 5.89. The molecular weight excluding hydrogens is 268 g/mol. The number of likely N-dealkylation sites (tertiary alicyclic amines) is 1. The molecule has 1 aliphatic rings. The number of carbonyl (C=O) groups is 1. The van der Waals surface area contributed by atoms with Crippen LogP contribution in [-0.2, 0) is 13.5 Å². The van der Waals surface area contributed by atoms with E-state index in [9.17, 15) is 9.90 Å². The first-order valence-electron chi connectivity index (χ1n) is 7.78. The Kier molecular flexibility index (Phi) is 5.22.